The SMILES string of the molecule is CC[C@H](C(=O)NCC(C)C)N(Cc1cccc(OC)c1)C(=O)COc1ccc(Cl)cc1Cl. The summed E-state index contributed by atoms with van der Waals surface area (Å²) in [4.78, 5) is 27.7. The number of benzene rings is 2. The molecule has 0 radical (unpaired) electrons. The molecule has 174 valence electrons. The van der Waals surface area contributed by atoms with Crippen molar-refractivity contribution < 1.29 is 19.1 Å². The Morgan fingerprint density at radius 3 is 2.50 bits per heavy atom. The summed E-state index contributed by atoms with van der Waals surface area (Å²) < 4.78 is 10.9. The fourth-order valence-corrected chi connectivity index (χ4v) is 3.59. The van der Waals surface area contributed by atoms with Crippen LogP contribution in [0.4, 0.5) is 0 Å². The Morgan fingerprint density at radius 1 is 1.12 bits per heavy atom. The van der Waals surface area contributed by atoms with E-state index in [1.807, 2.05) is 45.0 Å². The average Bonchev–Trinajstić information content (AvgIpc) is 2.76. The van der Waals surface area contributed by atoms with Gasteiger partial charge in [0.15, 0.2) is 6.61 Å². The molecule has 0 aliphatic rings. The van der Waals surface area contributed by atoms with E-state index in [1.54, 1.807) is 25.3 Å². The van der Waals surface area contributed by atoms with Crippen molar-refractivity contribution in [2.75, 3.05) is 20.3 Å². The van der Waals surface area contributed by atoms with E-state index in [-0.39, 0.29) is 25.0 Å². The van der Waals surface area contributed by atoms with Crippen LogP contribution in [0, 0.1) is 5.92 Å². The third-order valence-corrected chi connectivity index (χ3v) is 5.33. The molecule has 8 heteroatoms. The number of hydrogen-bond acceptors (Lipinski definition) is 4. The van der Waals surface area contributed by atoms with Crippen LogP contribution in [0.2, 0.25) is 10.0 Å². The topological polar surface area (TPSA) is 67.9 Å². The van der Waals surface area contributed by atoms with Crippen LogP contribution in [-0.4, -0.2) is 43.0 Å². The molecule has 0 fully saturated rings. The predicted molar refractivity (Wildman–Crippen MR) is 127 cm³/mol. The average molecular weight is 481 g/mol. The fraction of sp³-hybridized carbons (Fsp3) is 0.417. The molecule has 0 aliphatic heterocycles. The molecular formula is C24H30Cl2N2O4. The van der Waals surface area contributed by atoms with E-state index in [0.717, 1.165) is 5.56 Å². The molecule has 2 aromatic rings. The molecule has 0 unspecified atom stereocenters. The van der Waals surface area contributed by atoms with E-state index in [4.69, 9.17) is 32.7 Å². The lowest BCUT2D eigenvalue weighted by Crippen LogP contribution is -2.50. The normalized spacial score (nSPS) is 11.7. The standard InChI is InChI=1S/C24H30Cl2N2O4/c1-5-21(24(30)27-13-16(2)3)28(14-17-7-6-8-19(11-17)31-4)23(29)15-32-22-10-9-18(25)12-20(22)26/h6-12,16,21H,5,13-15H2,1-4H3,(H,27,30)/t21-/m1/s1. The molecule has 0 saturated heterocycles. The van der Waals surface area contributed by atoms with Crippen molar-refractivity contribution in [3.05, 3.63) is 58.1 Å². The van der Waals surface area contributed by atoms with E-state index in [2.05, 4.69) is 5.32 Å². The number of hydrogen-bond donors (Lipinski definition) is 1. The third kappa shape index (κ3) is 7.61. The van der Waals surface area contributed by atoms with Crippen molar-refractivity contribution in [1.82, 2.24) is 10.2 Å². The molecule has 1 N–H and O–H groups in total. The van der Waals surface area contributed by atoms with Gasteiger partial charge < -0.3 is 19.7 Å². The van der Waals surface area contributed by atoms with Gasteiger partial charge in [0.2, 0.25) is 5.91 Å². The van der Waals surface area contributed by atoms with E-state index in [1.165, 1.54) is 4.90 Å². The molecule has 0 bridgehead atoms. The lowest BCUT2D eigenvalue weighted by molar-refractivity contribution is -0.143. The van der Waals surface area contributed by atoms with E-state index < -0.39 is 6.04 Å². The van der Waals surface area contributed by atoms with E-state index in [0.29, 0.717) is 40.4 Å². The Hall–Kier alpha value is -2.44. The first kappa shape index (κ1) is 25.8. The fourth-order valence-electron chi connectivity index (χ4n) is 3.12. The maximum Gasteiger partial charge on any atom is 0.261 e. The molecule has 32 heavy (non-hydrogen) atoms. The number of methoxy groups -OCH3 is 1. The van der Waals surface area contributed by atoms with Gasteiger partial charge in [0.05, 0.1) is 12.1 Å². The zero-order valence-corrected chi connectivity index (χ0v) is 20.4. The van der Waals surface area contributed by atoms with Crippen molar-refractivity contribution in [1.29, 1.82) is 0 Å². The van der Waals surface area contributed by atoms with Crippen molar-refractivity contribution in [3.8, 4) is 11.5 Å². The molecule has 0 heterocycles. The number of nitrogens with one attached hydrogen (secondary N) is 1. The van der Waals surface area contributed by atoms with Gasteiger partial charge in [-0.25, -0.2) is 0 Å². The molecule has 0 aromatic heterocycles. The summed E-state index contributed by atoms with van der Waals surface area (Å²) >= 11 is 12.1. The van der Waals surface area contributed by atoms with Crippen LogP contribution < -0.4 is 14.8 Å². The van der Waals surface area contributed by atoms with Crippen molar-refractivity contribution >= 4 is 35.0 Å². The van der Waals surface area contributed by atoms with Crippen molar-refractivity contribution in [2.24, 2.45) is 5.92 Å². The Morgan fingerprint density at radius 2 is 1.88 bits per heavy atom. The lowest BCUT2D eigenvalue weighted by atomic mass is 10.1. The number of rotatable bonds is 11. The molecule has 6 nitrogen and oxygen atoms in total. The predicted octanol–water partition coefficient (Wildman–Crippen LogP) is 4.96. The van der Waals surface area contributed by atoms with Crippen LogP contribution in [0.3, 0.4) is 0 Å². The van der Waals surface area contributed by atoms with Gasteiger partial charge in [-0.15, -0.1) is 0 Å². The van der Waals surface area contributed by atoms with E-state index in [9.17, 15) is 9.59 Å². The van der Waals surface area contributed by atoms with Crippen LogP contribution in [0.25, 0.3) is 0 Å². The van der Waals surface area contributed by atoms with Crippen LogP contribution in [-0.2, 0) is 16.1 Å². The number of amides is 2. The van der Waals surface area contributed by atoms with Gasteiger partial charge in [-0.2, -0.15) is 0 Å². The van der Waals surface area contributed by atoms with Gasteiger partial charge in [-0.3, -0.25) is 9.59 Å². The zero-order chi connectivity index (χ0) is 23.7. The number of ether oxygens (including phenoxy) is 2. The Balaban J connectivity index is 2.24. The summed E-state index contributed by atoms with van der Waals surface area (Å²) in [5, 5.41) is 3.72. The summed E-state index contributed by atoms with van der Waals surface area (Å²) in [6.07, 6.45) is 0.460. The minimum atomic E-state index is -0.642. The van der Waals surface area contributed by atoms with Gasteiger partial charge in [0, 0.05) is 18.1 Å². The first-order valence-corrected chi connectivity index (χ1v) is 11.3. The zero-order valence-electron chi connectivity index (χ0n) is 18.9. The number of halogens is 2. The molecule has 2 amide bonds. The molecule has 1 atom stereocenters. The van der Waals surface area contributed by atoms with Crippen molar-refractivity contribution in [2.45, 2.75) is 39.8 Å². The van der Waals surface area contributed by atoms with Gasteiger partial charge >= 0.3 is 0 Å². The van der Waals surface area contributed by atoms with Gasteiger partial charge in [-0.05, 0) is 48.2 Å². The Kier molecular flexibility index (Phi) is 10.1. The van der Waals surface area contributed by atoms with Crippen LogP contribution >= 0.6 is 23.2 Å². The number of nitrogens with zero attached hydrogens (tertiary/aromatic N) is 1. The highest BCUT2D eigenvalue weighted by Crippen LogP contribution is 2.27. The largest absolute Gasteiger partial charge is 0.497 e. The highest BCUT2D eigenvalue weighted by Gasteiger charge is 2.29. The minimum absolute atomic E-state index is 0.193. The summed E-state index contributed by atoms with van der Waals surface area (Å²) in [5.41, 5.74) is 0.845. The molecule has 2 aromatic carbocycles. The number of carbonyl (C=O) groups excluding carboxylic acids is 2. The molecule has 0 saturated carbocycles. The maximum absolute atomic E-state index is 13.2. The third-order valence-electron chi connectivity index (χ3n) is 4.80. The monoisotopic (exact) mass is 480 g/mol. The molecule has 0 spiro atoms. The smallest absolute Gasteiger partial charge is 0.261 e. The van der Waals surface area contributed by atoms with Crippen LogP contribution in [0.15, 0.2) is 42.5 Å². The van der Waals surface area contributed by atoms with Gasteiger partial charge in [0.1, 0.15) is 17.5 Å². The second-order valence-corrected chi connectivity index (χ2v) is 8.64. The van der Waals surface area contributed by atoms with Gasteiger partial charge in [0.25, 0.3) is 5.91 Å². The Labute approximate surface area is 199 Å². The minimum Gasteiger partial charge on any atom is -0.497 e. The first-order chi connectivity index (χ1) is 15.2. The molecule has 0 aliphatic carbocycles. The summed E-state index contributed by atoms with van der Waals surface area (Å²) in [6.45, 7) is 6.42. The quantitative estimate of drug-likeness (QED) is 0.493. The van der Waals surface area contributed by atoms with E-state index >= 15 is 0 Å². The van der Waals surface area contributed by atoms with Crippen LogP contribution in [0.5, 0.6) is 11.5 Å². The summed E-state index contributed by atoms with van der Waals surface area (Å²) in [5.74, 6) is 0.807. The molecule has 2 rings (SSSR count). The van der Waals surface area contributed by atoms with Crippen molar-refractivity contribution in [3.63, 3.8) is 0 Å². The second-order valence-electron chi connectivity index (χ2n) is 7.80. The summed E-state index contributed by atoms with van der Waals surface area (Å²) in [7, 11) is 1.58. The highest BCUT2D eigenvalue weighted by atomic mass is 35.5. The summed E-state index contributed by atoms with van der Waals surface area (Å²) in [6, 6.07) is 11.6. The second kappa shape index (κ2) is 12.6. The van der Waals surface area contributed by atoms with Gasteiger partial charge in [-0.1, -0.05) is 56.1 Å². The maximum atomic E-state index is 13.2. The first-order valence-electron chi connectivity index (χ1n) is 10.5. The number of carbonyl (C=O) groups is 2. The Bertz CT molecular complexity index is 921. The molecular weight excluding hydrogens is 451 g/mol. The van der Waals surface area contributed by atoms with Crippen LogP contribution in [0.1, 0.15) is 32.8 Å². The highest BCUT2D eigenvalue weighted by molar-refractivity contribution is 6.35. The lowest BCUT2D eigenvalue weighted by Gasteiger charge is -2.31.